The highest BCUT2D eigenvalue weighted by molar-refractivity contribution is 6.03. The van der Waals surface area contributed by atoms with E-state index in [0.29, 0.717) is 6.42 Å². The number of amides is 2. The third-order valence-corrected chi connectivity index (χ3v) is 4.30. The Bertz CT molecular complexity index is 864. The fourth-order valence-corrected chi connectivity index (χ4v) is 2.86. The van der Waals surface area contributed by atoms with Crippen LogP contribution < -0.4 is 10.6 Å². The topological polar surface area (TPSA) is 121 Å². The molecule has 0 fully saturated rings. The van der Waals surface area contributed by atoms with Gasteiger partial charge in [0.1, 0.15) is 5.69 Å². The molecule has 1 aromatic carbocycles. The average Bonchev–Trinajstić information content (AvgIpc) is 2.96. The van der Waals surface area contributed by atoms with E-state index < -0.39 is 11.9 Å². The summed E-state index contributed by atoms with van der Waals surface area (Å²) in [4.78, 5) is 42.4. The number of carbonyl (C=O) groups is 3. The monoisotopic (exact) mass is 354 g/mol. The Balaban J connectivity index is 1.60. The molecule has 1 unspecified atom stereocenters. The van der Waals surface area contributed by atoms with Crippen molar-refractivity contribution < 1.29 is 19.5 Å². The highest BCUT2D eigenvalue weighted by Crippen LogP contribution is 2.35. The zero-order chi connectivity index (χ0) is 18.7. The van der Waals surface area contributed by atoms with Gasteiger partial charge in [-0.3, -0.25) is 9.59 Å². The minimum absolute atomic E-state index is 0.0274. The van der Waals surface area contributed by atoms with Crippen molar-refractivity contribution in [1.29, 1.82) is 0 Å². The van der Waals surface area contributed by atoms with Crippen LogP contribution >= 0.6 is 0 Å². The number of nitrogens with one attached hydrogen (secondary N) is 2. The van der Waals surface area contributed by atoms with E-state index in [1.807, 2.05) is 18.2 Å². The number of hydrogen-bond donors (Lipinski definition) is 3. The lowest BCUT2D eigenvalue weighted by molar-refractivity contribution is -0.117. The number of benzene rings is 1. The molecule has 2 heterocycles. The van der Waals surface area contributed by atoms with Crippen LogP contribution in [0.3, 0.4) is 0 Å². The zero-order valence-corrected chi connectivity index (χ0v) is 14.2. The van der Waals surface area contributed by atoms with E-state index in [0.717, 1.165) is 35.6 Å². The number of nitrogens with zero attached hydrogens (tertiary/aromatic N) is 2. The van der Waals surface area contributed by atoms with Gasteiger partial charge in [0, 0.05) is 12.2 Å². The van der Waals surface area contributed by atoms with Gasteiger partial charge in [-0.05, 0) is 30.0 Å². The largest absolute Gasteiger partial charge is 0.476 e. The van der Waals surface area contributed by atoms with Crippen molar-refractivity contribution in [2.24, 2.45) is 0 Å². The maximum atomic E-state index is 12.2. The van der Waals surface area contributed by atoms with Crippen LogP contribution in [0.5, 0.6) is 0 Å². The fraction of sp³-hybridized carbons (Fsp3) is 0.278. The lowest BCUT2D eigenvalue weighted by Crippen LogP contribution is -2.28. The average molecular weight is 354 g/mol. The quantitative estimate of drug-likeness (QED) is 0.724. The molecule has 2 amide bonds. The van der Waals surface area contributed by atoms with E-state index in [9.17, 15) is 14.4 Å². The second-order valence-corrected chi connectivity index (χ2v) is 5.95. The van der Waals surface area contributed by atoms with Gasteiger partial charge in [0.05, 0.1) is 18.3 Å². The maximum absolute atomic E-state index is 12.2. The number of anilines is 1. The first-order valence-electron chi connectivity index (χ1n) is 8.26. The Morgan fingerprint density at radius 2 is 1.96 bits per heavy atom. The number of hydrogen-bond acceptors (Lipinski definition) is 5. The van der Waals surface area contributed by atoms with Crippen LogP contribution in [-0.2, 0) is 11.2 Å². The molecule has 3 N–H and O–H groups in total. The number of fused-ring (bicyclic) bond motifs is 1. The number of carboxylic acid groups (broad SMARTS) is 1. The zero-order valence-electron chi connectivity index (χ0n) is 14.2. The number of aromatic nitrogens is 2. The second-order valence-electron chi connectivity index (χ2n) is 5.95. The normalized spacial score (nSPS) is 15.3. The van der Waals surface area contributed by atoms with Crippen LogP contribution in [0.4, 0.5) is 5.69 Å². The van der Waals surface area contributed by atoms with E-state index in [1.54, 1.807) is 0 Å². The van der Waals surface area contributed by atoms with Crippen molar-refractivity contribution >= 4 is 23.5 Å². The molecule has 26 heavy (non-hydrogen) atoms. The Labute approximate surface area is 149 Å². The van der Waals surface area contributed by atoms with Crippen LogP contribution in [0, 0.1) is 0 Å². The first-order chi connectivity index (χ1) is 12.5. The predicted molar refractivity (Wildman–Crippen MR) is 93.1 cm³/mol. The third kappa shape index (κ3) is 3.53. The molecule has 8 nitrogen and oxygen atoms in total. The summed E-state index contributed by atoms with van der Waals surface area (Å²) in [6.07, 6.45) is 3.49. The SMILES string of the molecule is CCc1ccc2c(c1)C(CCNC(=O)c1cnc(C(=O)O)cn1)C(=O)N2. The molecule has 0 spiro atoms. The van der Waals surface area contributed by atoms with Crippen LogP contribution in [0.25, 0.3) is 0 Å². The van der Waals surface area contributed by atoms with Crippen molar-refractivity contribution in [1.82, 2.24) is 15.3 Å². The van der Waals surface area contributed by atoms with Gasteiger partial charge in [-0.1, -0.05) is 19.1 Å². The third-order valence-electron chi connectivity index (χ3n) is 4.30. The van der Waals surface area contributed by atoms with E-state index in [-0.39, 0.29) is 29.8 Å². The smallest absolute Gasteiger partial charge is 0.356 e. The highest BCUT2D eigenvalue weighted by Gasteiger charge is 2.30. The van der Waals surface area contributed by atoms with Crippen LogP contribution in [0.2, 0.25) is 0 Å². The summed E-state index contributed by atoms with van der Waals surface area (Å²) >= 11 is 0. The number of aryl methyl sites for hydroxylation is 1. The van der Waals surface area contributed by atoms with Gasteiger partial charge in [0.25, 0.3) is 5.91 Å². The van der Waals surface area contributed by atoms with E-state index in [2.05, 4.69) is 27.5 Å². The first-order valence-corrected chi connectivity index (χ1v) is 8.26. The lowest BCUT2D eigenvalue weighted by atomic mass is 9.95. The van der Waals surface area contributed by atoms with Crippen molar-refractivity contribution in [3.63, 3.8) is 0 Å². The van der Waals surface area contributed by atoms with Crippen molar-refractivity contribution in [3.8, 4) is 0 Å². The van der Waals surface area contributed by atoms with Gasteiger partial charge >= 0.3 is 5.97 Å². The van der Waals surface area contributed by atoms with Gasteiger partial charge in [-0.2, -0.15) is 0 Å². The molecular weight excluding hydrogens is 336 g/mol. The number of aromatic carboxylic acids is 1. The van der Waals surface area contributed by atoms with Gasteiger partial charge in [0.15, 0.2) is 5.69 Å². The lowest BCUT2D eigenvalue weighted by Gasteiger charge is -2.10. The first kappa shape index (κ1) is 17.5. The maximum Gasteiger partial charge on any atom is 0.356 e. The fourth-order valence-electron chi connectivity index (χ4n) is 2.86. The molecule has 8 heteroatoms. The Kier molecular flexibility index (Phi) is 4.92. The standard InChI is InChI=1S/C18H18N4O4/c1-2-10-3-4-13-12(7-10)11(16(23)22-13)5-6-19-17(24)14-8-21-15(9-20-14)18(25)26/h3-4,7-9,11H,2,5-6H2,1H3,(H,19,24)(H,22,23)(H,25,26). The highest BCUT2D eigenvalue weighted by atomic mass is 16.4. The molecule has 3 rings (SSSR count). The molecule has 1 aliphatic heterocycles. The number of carboxylic acids is 1. The molecule has 1 atom stereocenters. The minimum Gasteiger partial charge on any atom is -0.476 e. The van der Waals surface area contributed by atoms with Gasteiger partial charge in [-0.15, -0.1) is 0 Å². The van der Waals surface area contributed by atoms with Gasteiger partial charge in [-0.25, -0.2) is 14.8 Å². The van der Waals surface area contributed by atoms with Crippen LogP contribution in [0.15, 0.2) is 30.6 Å². The predicted octanol–water partition coefficient (Wildman–Crippen LogP) is 1.59. The van der Waals surface area contributed by atoms with Gasteiger partial charge < -0.3 is 15.7 Å². The molecule has 0 radical (unpaired) electrons. The number of carbonyl (C=O) groups excluding carboxylic acids is 2. The molecule has 1 aliphatic rings. The van der Waals surface area contributed by atoms with E-state index in [1.165, 1.54) is 0 Å². The Morgan fingerprint density at radius 1 is 1.23 bits per heavy atom. The Hall–Kier alpha value is -3.29. The summed E-state index contributed by atoms with van der Waals surface area (Å²) in [6, 6.07) is 5.92. The molecule has 0 saturated carbocycles. The molecule has 134 valence electrons. The summed E-state index contributed by atoms with van der Waals surface area (Å²) in [6.45, 7) is 2.34. The molecule has 1 aromatic heterocycles. The molecule has 0 aliphatic carbocycles. The molecule has 0 bridgehead atoms. The molecular formula is C18H18N4O4. The summed E-state index contributed by atoms with van der Waals surface area (Å²) in [5.41, 5.74) is 2.72. The summed E-state index contributed by atoms with van der Waals surface area (Å²) in [7, 11) is 0. The summed E-state index contributed by atoms with van der Waals surface area (Å²) < 4.78 is 0. The van der Waals surface area contributed by atoms with Crippen LogP contribution in [-0.4, -0.2) is 39.4 Å². The van der Waals surface area contributed by atoms with Gasteiger partial charge in [0.2, 0.25) is 5.91 Å². The van der Waals surface area contributed by atoms with E-state index >= 15 is 0 Å². The van der Waals surface area contributed by atoms with Crippen molar-refractivity contribution in [3.05, 3.63) is 53.1 Å². The number of rotatable bonds is 6. The summed E-state index contributed by atoms with van der Waals surface area (Å²) in [5, 5.41) is 14.3. The van der Waals surface area contributed by atoms with Crippen molar-refractivity contribution in [2.45, 2.75) is 25.7 Å². The van der Waals surface area contributed by atoms with E-state index in [4.69, 9.17) is 5.11 Å². The second kappa shape index (κ2) is 7.30. The minimum atomic E-state index is -1.21. The van der Waals surface area contributed by atoms with Crippen molar-refractivity contribution in [2.75, 3.05) is 11.9 Å². The Morgan fingerprint density at radius 3 is 2.62 bits per heavy atom. The summed E-state index contributed by atoms with van der Waals surface area (Å²) in [5.74, 6) is -2.05. The molecule has 2 aromatic rings. The van der Waals surface area contributed by atoms with Crippen LogP contribution in [0.1, 0.15) is 51.4 Å². The molecule has 0 saturated heterocycles.